The highest BCUT2D eigenvalue weighted by Crippen LogP contribution is 2.31. The van der Waals surface area contributed by atoms with E-state index < -0.39 is 5.82 Å². The van der Waals surface area contributed by atoms with Crippen LogP contribution in [-0.2, 0) is 0 Å². The summed E-state index contributed by atoms with van der Waals surface area (Å²) in [6.45, 7) is -0.0907. The van der Waals surface area contributed by atoms with Crippen LogP contribution in [0.5, 0.6) is 5.75 Å². The van der Waals surface area contributed by atoms with Crippen molar-refractivity contribution < 1.29 is 13.9 Å². The quantitative estimate of drug-likeness (QED) is 0.620. The maximum Gasteiger partial charge on any atom is 0.204 e. The smallest absolute Gasteiger partial charge is 0.204 e. The molecule has 1 aromatic carbocycles. The molecule has 0 atom stereocenters. The SMILES string of the molecule is O=C1COc2c(F)cc(Cl)cc21. The van der Waals surface area contributed by atoms with Gasteiger partial charge in [0.2, 0.25) is 5.78 Å². The minimum Gasteiger partial charge on any atom is -0.482 e. The van der Waals surface area contributed by atoms with Crippen LogP contribution in [0.3, 0.4) is 0 Å². The molecule has 0 aromatic heterocycles. The number of fused-ring (bicyclic) bond motifs is 1. The Morgan fingerprint density at radius 2 is 2.25 bits per heavy atom. The van der Waals surface area contributed by atoms with Gasteiger partial charge in [-0.25, -0.2) is 4.39 Å². The van der Waals surface area contributed by atoms with Crippen molar-refractivity contribution in [2.45, 2.75) is 0 Å². The fourth-order valence-corrected chi connectivity index (χ4v) is 1.33. The van der Waals surface area contributed by atoms with E-state index in [4.69, 9.17) is 16.3 Å². The van der Waals surface area contributed by atoms with Gasteiger partial charge in [0.25, 0.3) is 0 Å². The number of rotatable bonds is 0. The monoisotopic (exact) mass is 186 g/mol. The molecule has 0 unspecified atom stereocenters. The van der Waals surface area contributed by atoms with Gasteiger partial charge >= 0.3 is 0 Å². The van der Waals surface area contributed by atoms with E-state index in [0.717, 1.165) is 6.07 Å². The maximum absolute atomic E-state index is 13.0. The molecule has 0 spiro atoms. The summed E-state index contributed by atoms with van der Waals surface area (Å²) in [7, 11) is 0. The van der Waals surface area contributed by atoms with Crippen LogP contribution in [0.1, 0.15) is 10.4 Å². The first-order valence-electron chi connectivity index (χ1n) is 3.33. The van der Waals surface area contributed by atoms with Crippen molar-refractivity contribution >= 4 is 17.4 Å². The zero-order chi connectivity index (χ0) is 8.72. The van der Waals surface area contributed by atoms with Gasteiger partial charge in [-0.2, -0.15) is 0 Å². The fraction of sp³-hybridized carbons (Fsp3) is 0.125. The lowest BCUT2D eigenvalue weighted by molar-refractivity contribution is 0.0960. The summed E-state index contributed by atoms with van der Waals surface area (Å²) in [5.41, 5.74) is 0.236. The third-order valence-electron chi connectivity index (χ3n) is 1.66. The molecule has 1 aliphatic heterocycles. The van der Waals surface area contributed by atoms with E-state index in [1.165, 1.54) is 6.07 Å². The van der Waals surface area contributed by atoms with Gasteiger partial charge in [-0.15, -0.1) is 0 Å². The van der Waals surface area contributed by atoms with Crippen LogP contribution >= 0.6 is 11.6 Å². The van der Waals surface area contributed by atoms with Crippen LogP contribution < -0.4 is 4.74 Å². The van der Waals surface area contributed by atoms with E-state index >= 15 is 0 Å². The second-order valence-corrected chi connectivity index (χ2v) is 2.91. The van der Waals surface area contributed by atoms with Gasteiger partial charge in [-0.3, -0.25) is 4.79 Å². The van der Waals surface area contributed by atoms with Crippen LogP contribution in [0, 0.1) is 5.82 Å². The number of benzene rings is 1. The van der Waals surface area contributed by atoms with Crippen molar-refractivity contribution in [1.29, 1.82) is 0 Å². The number of carbonyl (C=O) groups is 1. The molecule has 1 aromatic rings. The molecule has 0 fully saturated rings. The van der Waals surface area contributed by atoms with Crippen LogP contribution in [0.25, 0.3) is 0 Å². The second kappa shape index (κ2) is 2.45. The summed E-state index contributed by atoms with van der Waals surface area (Å²) < 4.78 is 17.8. The topological polar surface area (TPSA) is 26.3 Å². The highest BCUT2D eigenvalue weighted by atomic mass is 35.5. The van der Waals surface area contributed by atoms with Crippen molar-refractivity contribution in [2.75, 3.05) is 6.61 Å². The van der Waals surface area contributed by atoms with E-state index in [1.54, 1.807) is 0 Å². The maximum atomic E-state index is 13.0. The number of ketones is 1. The molecule has 0 saturated heterocycles. The summed E-state index contributed by atoms with van der Waals surface area (Å²) >= 11 is 5.55. The summed E-state index contributed by atoms with van der Waals surface area (Å²) in [4.78, 5) is 11.0. The first kappa shape index (κ1) is 7.55. The van der Waals surface area contributed by atoms with Gasteiger partial charge in [-0.1, -0.05) is 11.6 Å². The van der Waals surface area contributed by atoms with Gasteiger partial charge in [0, 0.05) is 5.02 Å². The average Bonchev–Trinajstić information content (AvgIpc) is 2.33. The van der Waals surface area contributed by atoms with E-state index in [9.17, 15) is 9.18 Å². The lowest BCUT2D eigenvalue weighted by atomic mass is 10.1. The summed E-state index contributed by atoms with van der Waals surface area (Å²) in [5.74, 6) is -0.792. The van der Waals surface area contributed by atoms with Gasteiger partial charge in [0.15, 0.2) is 18.2 Å². The Labute approximate surface area is 72.9 Å². The molecule has 0 bridgehead atoms. The molecule has 1 aliphatic rings. The fourth-order valence-electron chi connectivity index (χ4n) is 1.13. The predicted molar refractivity (Wildman–Crippen MR) is 41.2 cm³/mol. The number of ether oxygens (including phenoxy) is 1. The van der Waals surface area contributed by atoms with Gasteiger partial charge < -0.3 is 4.74 Å². The molecule has 62 valence electrons. The van der Waals surface area contributed by atoms with Crippen molar-refractivity contribution in [3.63, 3.8) is 0 Å². The molecular weight excluding hydrogens is 183 g/mol. The number of hydrogen-bond donors (Lipinski definition) is 0. The lowest BCUT2D eigenvalue weighted by Crippen LogP contribution is -1.98. The zero-order valence-electron chi connectivity index (χ0n) is 5.93. The number of hydrogen-bond acceptors (Lipinski definition) is 2. The van der Waals surface area contributed by atoms with Crippen molar-refractivity contribution in [3.05, 3.63) is 28.5 Å². The van der Waals surface area contributed by atoms with Crippen LogP contribution in [0.15, 0.2) is 12.1 Å². The summed E-state index contributed by atoms with van der Waals surface area (Å²) in [6.07, 6.45) is 0. The minimum absolute atomic E-state index is 0.0180. The molecule has 0 saturated carbocycles. The van der Waals surface area contributed by atoms with E-state index in [-0.39, 0.29) is 28.7 Å². The number of Topliss-reactive ketones (excluding diaryl/α,β-unsaturated/α-hetero) is 1. The number of halogens is 2. The molecular formula is C8H4ClFO2. The Balaban J connectivity index is 2.68. The third kappa shape index (κ3) is 0.975. The second-order valence-electron chi connectivity index (χ2n) is 2.48. The standard InChI is InChI=1S/C8H4ClFO2/c9-4-1-5-7(11)3-12-8(5)6(10)2-4/h1-2H,3H2. The average molecular weight is 187 g/mol. The predicted octanol–water partition coefficient (Wildman–Crippen LogP) is 2.05. The minimum atomic E-state index is -0.580. The Hall–Kier alpha value is -1.09. The van der Waals surface area contributed by atoms with Crippen molar-refractivity contribution in [1.82, 2.24) is 0 Å². The Kier molecular flexibility index (Phi) is 1.54. The van der Waals surface area contributed by atoms with Gasteiger partial charge in [0.1, 0.15) is 0 Å². The Morgan fingerprint density at radius 3 is 3.00 bits per heavy atom. The highest BCUT2D eigenvalue weighted by Gasteiger charge is 2.24. The molecule has 2 rings (SSSR count). The largest absolute Gasteiger partial charge is 0.482 e. The molecule has 0 radical (unpaired) electrons. The van der Waals surface area contributed by atoms with Crippen LogP contribution in [-0.4, -0.2) is 12.4 Å². The molecule has 4 heteroatoms. The highest BCUT2D eigenvalue weighted by molar-refractivity contribution is 6.31. The summed E-state index contributed by atoms with van der Waals surface area (Å²) in [6, 6.07) is 2.54. The molecule has 0 N–H and O–H groups in total. The first-order chi connectivity index (χ1) is 5.68. The van der Waals surface area contributed by atoms with Crippen molar-refractivity contribution in [3.8, 4) is 5.75 Å². The molecule has 12 heavy (non-hydrogen) atoms. The molecule has 0 aliphatic carbocycles. The Bertz CT molecular complexity index is 362. The lowest BCUT2D eigenvalue weighted by Gasteiger charge is -1.98. The molecule has 0 amide bonds. The van der Waals surface area contributed by atoms with E-state index in [2.05, 4.69) is 0 Å². The van der Waals surface area contributed by atoms with Crippen LogP contribution in [0.2, 0.25) is 5.02 Å². The third-order valence-corrected chi connectivity index (χ3v) is 1.87. The first-order valence-corrected chi connectivity index (χ1v) is 3.71. The van der Waals surface area contributed by atoms with Crippen molar-refractivity contribution in [2.24, 2.45) is 0 Å². The Morgan fingerprint density at radius 1 is 1.50 bits per heavy atom. The van der Waals surface area contributed by atoms with Gasteiger partial charge in [0.05, 0.1) is 5.56 Å². The number of carbonyl (C=O) groups excluding carboxylic acids is 1. The van der Waals surface area contributed by atoms with E-state index in [1.807, 2.05) is 0 Å². The molecule has 2 nitrogen and oxygen atoms in total. The van der Waals surface area contributed by atoms with Crippen LogP contribution in [0.4, 0.5) is 4.39 Å². The van der Waals surface area contributed by atoms with E-state index in [0.29, 0.717) is 0 Å². The summed E-state index contributed by atoms with van der Waals surface area (Å²) in [5, 5.41) is 0.213. The van der Waals surface area contributed by atoms with Gasteiger partial charge in [-0.05, 0) is 12.1 Å². The normalized spacial score (nSPS) is 14.3. The zero-order valence-corrected chi connectivity index (χ0v) is 6.69. The molecule has 1 heterocycles.